The fourth-order valence-corrected chi connectivity index (χ4v) is 2.86. The summed E-state index contributed by atoms with van der Waals surface area (Å²) in [5, 5.41) is 12.3. The Kier molecular flexibility index (Phi) is 4.55. The lowest BCUT2D eigenvalue weighted by Crippen LogP contribution is -2.33. The molecule has 0 aromatic heterocycles. The largest absolute Gasteiger partial charge is 0.312 e. The van der Waals surface area contributed by atoms with Gasteiger partial charge in [0.2, 0.25) is 0 Å². The first-order valence-corrected chi connectivity index (χ1v) is 7.02. The molecule has 0 amide bonds. The first kappa shape index (κ1) is 14.0. The molecule has 0 radical (unpaired) electrons. The summed E-state index contributed by atoms with van der Waals surface area (Å²) in [5.41, 5.74) is 1.50. The van der Waals surface area contributed by atoms with Crippen molar-refractivity contribution in [1.82, 2.24) is 5.32 Å². The molecule has 1 aliphatic carbocycles. The lowest BCUT2D eigenvalue weighted by atomic mass is 9.76. The number of halogens is 1. The minimum Gasteiger partial charge on any atom is -0.312 e. The van der Waals surface area contributed by atoms with E-state index in [1.54, 1.807) is 12.1 Å². The van der Waals surface area contributed by atoms with Gasteiger partial charge in [0.1, 0.15) is 11.9 Å². The number of nitrogens with one attached hydrogen (secondary N) is 1. The Bertz CT molecular complexity index is 470. The van der Waals surface area contributed by atoms with Crippen LogP contribution in [-0.2, 0) is 6.54 Å². The summed E-state index contributed by atoms with van der Waals surface area (Å²) in [4.78, 5) is 0. The van der Waals surface area contributed by atoms with Gasteiger partial charge >= 0.3 is 0 Å². The summed E-state index contributed by atoms with van der Waals surface area (Å²) in [7, 11) is 0. The van der Waals surface area contributed by atoms with Crippen LogP contribution in [0.3, 0.4) is 0 Å². The van der Waals surface area contributed by atoms with Crippen LogP contribution in [0.15, 0.2) is 18.2 Å². The van der Waals surface area contributed by atoms with Crippen LogP contribution < -0.4 is 5.32 Å². The molecule has 0 atom stereocenters. The summed E-state index contributed by atoms with van der Waals surface area (Å²) < 4.78 is 13.2. The van der Waals surface area contributed by atoms with E-state index < -0.39 is 5.82 Å². The van der Waals surface area contributed by atoms with Crippen molar-refractivity contribution in [3.05, 3.63) is 35.1 Å². The maximum Gasteiger partial charge on any atom is 0.140 e. The molecule has 0 unspecified atom stereocenters. The summed E-state index contributed by atoms with van der Waals surface area (Å²) >= 11 is 0. The topological polar surface area (TPSA) is 35.8 Å². The highest BCUT2D eigenvalue weighted by molar-refractivity contribution is 5.34. The van der Waals surface area contributed by atoms with Gasteiger partial charge in [-0.2, -0.15) is 5.26 Å². The van der Waals surface area contributed by atoms with E-state index in [2.05, 4.69) is 12.2 Å². The van der Waals surface area contributed by atoms with Crippen LogP contribution in [0.5, 0.6) is 0 Å². The van der Waals surface area contributed by atoms with Crippen LogP contribution in [0.2, 0.25) is 0 Å². The molecular formula is C16H21FN2. The van der Waals surface area contributed by atoms with Gasteiger partial charge in [0, 0.05) is 13.1 Å². The fourth-order valence-electron chi connectivity index (χ4n) is 2.86. The quantitative estimate of drug-likeness (QED) is 0.894. The molecule has 0 spiro atoms. The molecule has 1 aromatic carbocycles. The third-order valence-corrected chi connectivity index (χ3v) is 4.09. The van der Waals surface area contributed by atoms with Gasteiger partial charge in [0.25, 0.3) is 0 Å². The van der Waals surface area contributed by atoms with Crippen molar-refractivity contribution < 1.29 is 4.39 Å². The van der Waals surface area contributed by atoms with E-state index in [1.807, 2.05) is 6.07 Å². The predicted molar refractivity (Wildman–Crippen MR) is 74.0 cm³/mol. The molecule has 3 heteroatoms. The van der Waals surface area contributed by atoms with Crippen LogP contribution in [0.4, 0.5) is 4.39 Å². The molecule has 19 heavy (non-hydrogen) atoms. The highest BCUT2D eigenvalue weighted by Gasteiger charge is 2.25. The summed E-state index contributed by atoms with van der Waals surface area (Å²) in [6.07, 6.45) is 6.58. The molecule has 0 aliphatic heterocycles. The Balaban J connectivity index is 1.87. The smallest absolute Gasteiger partial charge is 0.140 e. The molecule has 1 N–H and O–H groups in total. The minimum absolute atomic E-state index is 0.128. The van der Waals surface area contributed by atoms with E-state index >= 15 is 0 Å². The zero-order chi connectivity index (χ0) is 13.7. The lowest BCUT2D eigenvalue weighted by Gasteiger charge is -2.33. The first-order chi connectivity index (χ1) is 9.13. The number of nitriles is 1. The predicted octanol–water partition coefficient (Wildman–Crippen LogP) is 3.76. The number of benzene rings is 1. The van der Waals surface area contributed by atoms with Crippen molar-refractivity contribution in [2.75, 3.05) is 6.54 Å². The highest BCUT2D eigenvalue weighted by atomic mass is 19.1. The van der Waals surface area contributed by atoms with E-state index in [1.165, 1.54) is 38.2 Å². The lowest BCUT2D eigenvalue weighted by molar-refractivity contribution is 0.207. The molecule has 0 heterocycles. The molecule has 2 nitrogen and oxygen atoms in total. The summed E-state index contributed by atoms with van der Waals surface area (Å²) in [6, 6.07) is 6.63. The van der Waals surface area contributed by atoms with Crippen molar-refractivity contribution >= 4 is 0 Å². The number of nitrogens with zero attached hydrogens (tertiary/aromatic N) is 1. The van der Waals surface area contributed by atoms with Crippen molar-refractivity contribution in [1.29, 1.82) is 5.26 Å². The second-order valence-corrected chi connectivity index (χ2v) is 5.90. The number of hydrogen-bond acceptors (Lipinski definition) is 2. The second-order valence-electron chi connectivity index (χ2n) is 5.90. The van der Waals surface area contributed by atoms with Gasteiger partial charge in [-0.1, -0.05) is 32.3 Å². The maximum atomic E-state index is 13.2. The van der Waals surface area contributed by atoms with Gasteiger partial charge in [-0.25, -0.2) is 4.39 Å². The Morgan fingerprint density at radius 3 is 2.74 bits per heavy atom. The van der Waals surface area contributed by atoms with Crippen LogP contribution in [0.1, 0.15) is 50.2 Å². The monoisotopic (exact) mass is 260 g/mol. The molecule has 1 saturated carbocycles. The fraction of sp³-hybridized carbons (Fsp3) is 0.562. The van der Waals surface area contributed by atoms with Crippen LogP contribution in [-0.4, -0.2) is 6.54 Å². The van der Waals surface area contributed by atoms with Crippen LogP contribution >= 0.6 is 0 Å². The molecule has 2 rings (SSSR count). The van der Waals surface area contributed by atoms with Gasteiger partial charge in [-0.15, -0.1) is 0 Å². The second kappa shape index (κ2) is 6.16. The van der Waals surface area contributed by atoms with Crippen molar-refractivity contribution in [3.63, 3.8) is 0 Å². The molecule has 0 saturated heterocycles. The first-order valence-electron chi connectivity index (χ1n) is 7.02. The standard InChI is InChI=1S/C16H21FN2/c1-16(7-3-2-4-8-16)12-19-11-13-5-6-15(17)14(9-13)10-18/h5-6,9,19H,2-4,7-8,11-12H2,1H3. The van der Waals surface area contributed by atoms with E-state index in [4.69, 9.17) is 5.26 Å². The van der Waals surface area contributed by atoms with Gasteiger partial charge in [-0.3, -0.25) is 0 Å². The van der Waals surface area contributed by atoms with Crippen LogP contribution in [0, 0.1) is 22.6 Å². The van der Waals surface area contributed by atoms with Crippen molar-refractivity contribution in [3.8, 4) is 6.07 Å². The average molecular weight is 260 g/mol. The van der Waals surface area contributed by atoms with Crippen molar-refractivity contribution in [2.24, 2.45) is 5.41 Å². The van der Waals surface area contributed by atoms with E-state index in [-0.39, 0.29) is 5.56 Å². The van der Waals surface area contributed by atoms with Crippen LogP contribution in [0.25, 0.3) is 0 Å². The zero-order valence-electron chi connectivity index (χ0n) is 11.5. The normalized spacial score (nSPS) is 17.9. The molecule has 102 valence electrons. The molecular weight excluding hydrogens is 239 g/mol. The van der Waals surface area contributed by atoms with Gasteiger partial charge in [0.15, 0.2) is 0 Å². The minimum atomic E-state index is -0.439. The molecule has 1 aromatic rings. The molecule has 1 aliphatic rings. The zero-order valence-corrected chi connectivity index (χ0v) is 11.5. The Morgan fingerprint density at radius 1 is 1.32 bits per heavy atom. The Hall–Kier alpha value is -1.40. The highest BCUT2D eigenvalue weighted by Crippen LogP contribution is 2.34. The average Bonchev–Trinajstić information content (AvgIpc) is 2.41. The molecule has 0 bridgehead atoms. The Morgan fingerprint density at radius 2 is 2.05 bits per heavy atom. The number of rotatable bonds is 4. The third-order valence-electron chi connectivity index (χ3n) is 4.09. The van der Waals surface area contributed by atoms with E-state index in [9.17, 15) is 4.39 Å². The van der Waals surface area contributed by atoms with Gasteiger partial charge in [0.05, 0.1) is 5.56 Å². The van der Waals surface area contributed by atoms with Crippen molar-refractivity contribution in [2.45, 2.75) is 45.6 Å². The van der Waals surface area contributed by atoms with E-state index in [0.29, 0.717) is 12.0 Å². The van der Waals surface area contributed by atoms with Gasteiger partial charge in [-0.05, 0) is 36.0 Å². The third kappa shape index (κ3) is 3.78. The summed E-state index contributed by atoms with van der Waals surface area (Å²) in [6.45, 7) is 4.03. The maximum absolute atomic E-state index is 13.2. The Labute approximate surface area is 114 Å². The summed E-state index contributed by atoms with van der Waals surface area (Å²) in [5.74, 6) is -0.439. The number of hydrogen-bond donors (Lipinski definition) is 1. The molecule has 1 fully saturated rings. The SMILES string of the molecule is CC1(CNCc2ccc(F)c(C#N)c2)CCCCC1. The van der Waals surface area contributed by atoms with E-state index in [0.717, 1.165) is 12.1 Å². The van der Waals surface area contributed by atoms with Gasteiger partial charge < -0.3 is 5.32 Å².